The zero-order valence-corrected chi connectivity index (χ0v) is 13.8. The molecule has 0 saturated carbocycles. The van der Waals surface area contributed by atoms with Gasteiger partial charge in [-0.15, -0.1) is 0 Å². The van der Waals surface area contributed by atoms with Crippen LogP contribution in [0.15, 0.2) is 67.0 Å². The van der Waals surface area contributed by atoms with E-state index in [0.717, 1.165) is 0 Å². The van der Waals surface area contributed by atoms with Crippen LogP contribution in [0.25, 0.3) is 27.5 Å². The predicted molar refractivity (Wildman–Crippen MR) is 94.7 cm³/mol. The van der Waals surface area contributed by atoms with Gasteiger partial charge in [0.1, 0.15) is 5.52 Å². The first-order valence-corrected chi connectivity index (χ1v) is 7.96. The highest BCUT2D eigenvalue weighted by molar-refractivity contribution is 14.1. The summed E-state index contributed by atoms with van der Waals surface area (Å²) in [6.07, 6.45) is 4.34. The van der Waals surface area contributed by atoms with Crippen LogP contribution in [-0.2, 0) is 7.05 Å². The summed E-state index contributed by atoms with van der Waals surface area (Å²) in [4.78, 5) is 0. The second kappa shape index (κ2) is 4.84. The van der Waals surface area contributed by atoms with Crippen molar-refractivity contribution in [3.63, 3.8) is 0 Å². The number of fused-ring (bicyclic) bond motifs is 3. The molecule has 2 aromatic carbocycles. The van der Waals surface area contributed by atoms with Gasteiger partial charge in [0, 0.05) is 45.1 Å². The molecular weight excluding hydrogens is 371 g/mol. The maximum atomic E-state index is 2.33. The van der Waals surface area contributed by atoms with Crippen molar-refractivity contribution in [3.8, 4) is 5.69 Å². The van der Waals surface area contributed by atoms with Gasteiger partial charge < -0.3 is 4.57 Å². The number of pyridine rings is 1. The highest BCUT2D eigenvalue weighted by Gasteiger charge is 2.13. The third-order valence-electron chi connectivity index (χ3n) is 3.98. The van der Waals surface area contributed by atoms with Crippen molar-refractivity contribution in [2.24, 2.45) is 7.05 Å². The first-order chi connectivity index (χ1) is 10.2. The largest absolute Gasteiger partial charge is 0.339 e. The molecule has 4 aromatic rings. The van der Waals surface area contributed by atoms with Crippen LogP contribution in [0.3, 0.4) is 0 Å². The number of para-hydroxylation sites is 1. The Balaban J connectivity index is 2.00. The van der Waals surface area contributed by atoms with Crippen LogP contribution < -0.4 is 4.57 Å². The molecule has 0 N–H and O–H groups in total. The standard InChI is InChI=1S/C18H14IN2/c1-20-17-5-3-2-4-15(17)16-10-11-21(12-18(16)20)14-8-6-13(19)7-9-14/h2-12H,1H3/q+1. The number of aryl methyl sites for hydroxylation is 1. The summed E-state index contributed by atoms with van der Waals surface area (Å²) < 4.78 is 5.69. The molecule has 3 heteroatoms. The molecule has 0 aliphatic carbocycles. The minimum atomic E-state index is 1.18. The Morgan fingerprint density at radius 1 is 0.857 bits per heavy atom. The van der Waals surface area contributed by atoms with Gasteiger partial charge >= 0.3 is 0 Å². The first-order valence-electron chi connectivity index (χ1n) is 6.88. The van der Waals surface area contributed by atoms with Crippen LogP contribution in [0.2, 0.25) is 0 Å². The number of aromatic nitrogens is 2. The van der Waals surface area contributed by atoms with Gasteiger partial charge in [-0.25, -0.2) is 0 Å². The van der Waals surface area contributed by atoms with Gasteiger partial charge in [0.15, 0.2) is 12.4 Å². The average molecular weight is 385 g/mol. The Hall–Kier alpha value is -1.88. The van der Waals surface area contributed by atoms with E-state index in [2.05, 4.69) is 106 Å². The minimum absolute atomic E-state index is 1.18. The Kier molecular flexibility index (Phi) is 2.96. The lowest BCUT2D eigenvalue weighted by atomic mass is 10.2. The van der Waals surface area contributed by atoms with Crippen molar-refractivity contribution in [1.82, 2.24) is 4.57 Å². The summed E-state index contributed by atoms with van der Waals surface area (Å²) in [6.45, 7) is 0. The predicted octanol–water partition coefficient (Wildman–Crippen LogP) is 4.21. The third kappa shape index (κ3) is 2.03. The lowest BCUT2D eigenvalue weighted by Gasteiger charge is -1.98. The van der Waals surface area contributed by atoms with Crippen LogP contribution in [0.1, 0.15) is 0 Å². The molecule has 0 unspecified atom stereocenters. The number of hydrogen-bond donors (Lipinski definition) is 0. The molecule has 0 aliphatic rings. The molecule has 0 amide bonds. The van der Waals surface area contributed by atoms with Gasteiger partial charge in [0.25, 0.3) is 0 Å². The number of benzene rings is 2. The van der Waals surface area contributed by atoms with E-state index in [4.69, 9.17) is 0 Å². The van der Waals surface area contributed by atoms with E-state index in [-0.39, 0.29) is 0 Å². The summed E-state index contributed by atoms with van der Waals surface area (Å²) in [7, 11) is 2.13. The number of nitrogens with zero attached hydrogens (tertiary/aromatic N) is 2. The third-order valence-corrected chi connectivity index (χ3v) is 4.70. The SMILES string of the molecule is Cn1c2ccccc2c2cc[n+](-c3ccc(I)cc3)cc21. The van der Waals surface area contributed by atoms with Crippen molar-refractivity contribution in [3.05, 3.63) is 70.6 Å². The fraction of sp³-hybridized carbons (Fsp3) is 0.0556. The zero-order valence-electron chi connectivity index (χ0n) is 11.6. The molecule has 21 heavy (non-hydrogen) atoms. The van der Waals surface area contributed by atoms with Crippen molar-refractivity contribution in [1.29, 1.82) is 0 Å². The molecule has 2 heterocycles. The zero-order chi connectivity index (χ0) is 14.4. The fourth-order valence-corrected chi connectivity index (χ4v) is 3.24. The van der Waals surface area contributed by atoms with E-state index in [9.17, 15) is 0 Å². The lowest BCUT2D eigenvalue weighted by molar-refractivity contribution is -0.594. The smallest absolute Gasteiger partial charge is 0.210 e. The molecule has 0 bridgehead atoms. The Bertz CT molecular complexity index is 952. The maximum absolute atomic E-state index is 2.33. The molecule has 0 atom stereocenters. The normalized spacial score (nSPS) is 11.3. The highest BCUT2D eigenvalue weighted by atomic mass is 127. The van der Waals surface area contributed by atoms with Crippen LogP contribution >= 0.6 is 22.6 Å². The van der Waals surface area contributed by atoms with Crippen molar-refractivity contribution < 1.29 is 4.57 Å². The van der Waals surface area contributed by atoms with E-state index >= 15 is 0 Å². The van der Waals surface area contributed by atoms with Gasteiger partial charge in [-0.1, -0.05) is 18.2 Å². The Morgan fingerprint density at radius 2 is 1.57 bits per heavy atom. The van der Waals surface area contributed by atoms with Gasteiger partial charge in [-0.2, -0.15) is 4.57 Å². The highest BCUT2D eigenvalue weighted by Crippen LogP contribution is 2.26. The summed E-state index contributed by atoms with van der Waals surface area (Å²) in [6, 6.07) is 19.3. The number of rotatable bonds is 1. The molecule has 0 aliphatic heterocycles. The molecule has 0 saturated heterocycles. The molecule has 102 valence electrons. The number of hydrogen-bond acceptors (Lipinski definition) is 0. The van der Waals surface area contributed by atoms with Gasteiger partial charge in [-0.05, 0) is 40.8 Å². The minimum Gasteiger partial charge on any atom is -0.339 e. The Labute approximate surface area is 136 Å². The summed E-state index contributed by atoms with van der Waals surface area (Å²) >= 11 is 2.33. The topological polar surface area (TPSA) is 8.81 Å². The van der Waals surface area contributed by atoms with Crippen molar-refractivity contribution in [2.75, 3.05) is 0 Å². The van der Waals surface area contributed by atoms with Crippen LogP contribution in [0.5, 0.6) is 0 Å². The second-order valence-corrected chi connectivity index (χ2v) is 6.45. The molecule has 4 rings (SSSR count). The van der Waals surface area contributed by atoms with E-state index in [1.54, 1.807) is 0 Å². The van der Waals surface area contributed by atoms with Crippen molar-refractivity contribution >= 4 is 44.4 Å². The summed E-state index contributed by atoms with van der Waals surface area (Å²) in [5, 5.41) is 2.61. The van der Waals surface area contributed by atoms with Crippen molar-refractivity contribution in [2.45, 2.75) is 0 Å². The fourth-order valence-electron chi connectivity index (χ4n) is 2.88. The molecular formula is C18H14IN2+. The van der Waals surface area contributed by atoms with Crippen LogP contribution in [0.4, 0.5) is 0 Å². The quantitative estimate of drug-likeness (QED) is 0.343. The van der Waals surface area contributed by atoms with E-state index < -0.39 is 0 Å². The van der Waals surface area contributed by atoms with E-state index in [1.165, 1.54) is 31.1 Å². The average Bonchev–Trinajstić information content (AvgIpc) is 2.81. The van der Waals surface area contributed by atoms with E-state index in [0.29, 0.717) is 0 Å². The number of halogens is 1. The molecule has 0 fully saturated rings. The molecule has 2 aromatic heterocycles. The molecule has 2 nitrogen and oxygen atoms in total. The summed E-state index contributed by atoms with van der Waals surface area (Å²) in [5.41, 5.74) is 3.70. The van der Waals surface area contributed by atoms with Gasteiger partial charge in [0.2, 0.25) is 5.69 Å². The summed E-state index contributed by atoms with van der Waals surface area (Å²) in [5.74, 6) is 0. The van der Waals surface area contributed by atoms with Gasteiger partial charge in [0.05, 0.1) is 0 Å². The van der Waals surface area contributed by atoms with E-state index in [1.807, 2.05) is 0 Å². The van der Waals surface area contributed by atoms with Crippen LogP contribution in [0, 0.1) is 3.57 Å². The lowest BCUT2D eigenvalue weighted by Crippen LogP contribution is -2.29. The van der Waals surface area contributed by atoms with Crippen LogP contribution in [-0.4, -0.2) is 4.57 Å². The molecule has 0 radical (unpaired) electrons. The maximum Gasteiger partial charge on any atom is 0.210 e. The Morgan fingerprint density at radius 3 is 2.38 bits per heavy atom. The molecule has 0 spiro atoms. The first kappa shape index (κ1) is 12.8. The van der Waals surface area contributed by atoms with Gasteiger partial charge in [-0.3, -0.25) is 0 Å². The second-order valence-electron chi connectivity index (χ2n) is 5.20. The monoisotopic (exact) mass is 385 g/mol.